The summed E-state index contributed by atoms with van der Waals surface area (Å²) in [5.41, 5.74) is 9.86. The normalized spacial score (nSPS) is 11.0. The summed E-state index contributed by atoms with van der Waals surface area (Å²) >= 11 is 5.76. The van der Waals surface area contributed by atoms with Gasteiger partial charge in [0, 0.05) is 55.1 Å². The summed E-state index contributed by atoms with van der Waals surface area (Å²) in [7, 11) is 0.994. The summed E-state index contributed by atoms with van der Waals surface area (Å²) in [5, 5.41) is 50.2. The molecule has 7 N–H and O–H groups in total. The van der Waals surface area contributed by atoms with E-state index in [9.17, 15) is 46.2 Å². The minimum Gasteiger partial charge on any atom is -0.481 e. The van der Waals surface area contributed by atoms with Gasteiger partial charge in [-0.25, -0.2) is 73.9 Å². The molecule has 530 valence electrons. The molecule has 15 aromatic heterocycles. The number of nitrogens with zero attached hydrogens (tertiary/aromatic N) is 21. The quantitative estimate of drug-likeness (QED) is 0.0264. The highest BCUT2D eigenvalue weighted by molar-refractivity contribution is 7.92. The van der Waals surface area contributed by atoms with Gasteiger partial charge in [-0.1, -0.05) is 18.2 Å². The average molecular weight is 1470 g/mol. The Morgan fingerprint density at radius 3 is 1.14 bits per heavy atom. The van der Waals surface area contributed by atoms with Crippen molar-refractivity contribution < 1.29 is 50.0 Å². The number of rotatable bonds is 18. The van der Waals surface area contributed by atoms with Crippen molar-refractivity contribution in [1.82, 2.24) is 93.3 Å². The molecule has 0 spiro atoms. The van der Waals surface area contributed by atoms with Gasteiger partial charge in [-0.15, -0.1) is 20.4 Å². The predicted molar refractivity (Wildman–Crippen MR) is 372 cm³/mol. The Morgan fingerprint density at radius 2 is 0.790 bits per heavy atom. The van der Waals surface area contributed by atoms with E-state index in [2.05, 4.69) is 101 Å². The SMILES string of the molecule is COc1cccc(-c2nc(Nc3ccncc3F)c3cc(N)cn3n2)n1.COc1cccc(-c2nc(Nc3ccncc3F)c3cc(NS(C)(=O)=O)cn3n2)n1.COc1cccc(-c2nc(Nc3ccncc3F)c3cc([N+](=O)[O-])cn3n2)n1.O=[N+]([O-])c1cc2c(Nc3ccncc3F)nc(Cl)nn2c1. The van der Waals surface area contributed by atoms with Gasteiger partial charge in [-0.2, -0.15) is 4.98 Å². The molecule has 0 fully saturated rings. The van der Waals surface area contributed by atoms with E-state index in [1.54, 1.807) is 71.4 Å². The lowest BCUT2D eigenvalue weighted by atomic mass is 10.3. The lowest BCUT2D eigenvalue weighted by Gasteiger charge is -2.10. The maximum absolute atomic E-state index is 14.1. The standard InChI is InChI=1S/C18H16FN7O3S.C17H12FN7O3.C17H14FN7O.C11H6ClFN6O2/c1-29-16-5-3-4-14(21-16)17-23-18(22-13-6-7-20-9-12(13)19)15-8-11(10-26(15)24-17)25-30(2,27)28;1-28-15-4-2-3-13(20-15)16-22-17(21-12-5-6-19-8-11(12)18)14-7-10(25(26)27)9-24(14)23-16;1-26-15-4-2-3-13(21-15)16-23-17(14-7-10(19)9-25(14)24-16)22-12-5-6-20-8-11(12)18;12-11-16-10(15-8-1-2-14-4-7(8)13)9-3-6(19(20)21)5-18(9)17-11/h3-10,25H,1-2H3,(H,20,22,23,24);2-9H,1H3,(H,19,21,22,23);2-9H,19H2,1H3,(H,20,22,23,24);1-5H,(H,14,15,16,17). The molecule has 105 heavy (non-hydrogen) atoms. The van der Waals surface area contributed by atoms with Crippen molar-refractivity contribution >= 4 is 112 Å². The van der Waals surface area contributed by atoms with Crippen molar-refractivity contribution in [2.45, 2.75) is 0 Å². The van der Waals surface area contributed by atoms with Crippen molar-refractivity contribution in [2.24, 2.45) is 0 Å². The van der Waals surface area contributed by atoms with Gasteiger partial charge in [-0.3, -0.25) is 44.9 Å². The maximum atomic E-state index is 14.1. The monoisotopic (exact) mass is 1470 g/mol. The zero-order valence-corrected chi connectivity index (χ0v) is 55.8. The summed E-state index contributed by atoms with van der Waals surface area (Å²) in [6.45, 7) is 0. The first-order valence-corrected chi connectivity index (χ1v) is 32.1. The van der Waals surface area contributed by atoms with Crippen LogP contribution >= 0.6 is 11.6 Å². The summed E-state index contributed by atoms with van der Waals surface area (Å²) < 4.78 is 102. The van der Waals surface area contributed by atoms with E-state index in [-0.39, 0.29) is 74.2 Å². The fourth-order valence-corrected chi connectivity index (χ4v) is 10.2. The second kappa shape index (κ2) is 30.5. The van der Waals surface area contributed by atoms with E-state index in [0.29, 0.717) is 74.1 Å². The molecule has 0 aliphatic carbocycles. The maximum Gasteiger partial charge on any atom is 0.289 e. The van der Waals surface area contributed by atoms with Gasteiger partial charge >= 0.3 is 0 Å². The van der Waals surface area contributed by atoms with Crippen molar-refractivity contribution in [2.75, 3.05) is 59.3 Å². The van der Waals surface area contributed by atoms with Crippen LogP contribution in [0.5, 0.6) is 17.6 Å². The molecule has 36 nitrogen and oxygen atoms in total. The molecule has 0 radical (unpaired) electrons. The van der Waals surface area contributed by atoms with Crippen molar-refractivity contribution in [3.8, 4) is 52.2 Å². The van der Waals surface area contributed by atoms with Crippen LogP contribution in [0.25, 0.3) is 56.6 Å². The molecule has 15 rings (SSSR count). The van der Waals surface area contributed by atoms with Gasteiger partial charge in [0.1, 0.15) is 51.5 Å². The zero-order valence-electron chi connectivity index (χ0n) is 54.2. The van der Waals surface area contributed by atoms with Gasteiger partial charge < -0.3 is 41.2 Å². The van der Waals surface area contributed by atoms with E-state index in [0.717, 1.165) is 31.0 Å². The van der Waals surface area contributed by atoms with Crippen LogP contribution in [0.1, 0.15) is 0 Å². The van der Waals surface area contributed by atoms with Crippen LogP contribution in [0.4, 0.5) is 86.3 Å². The lowest BCUT2D eigenvalue weighted by Crippen LogP contribution is -2.08. The number of pyridine rings is 7. The largest absolute Gasteiger partial charge is 0.481 e. The Labute approximate surface area is 591 Å². The van der Waals surface area contributed by atoms with Crippen LogP contribution in [0.2, 0.25) is 5.28 Å². The number of nitrogen functional groups attached to an aromatic ring is 1. The molecule has 0 unspecified atom stereocenters. The van der Waals surface area contributed by atoms with Gasteiger partial charge in [0.25, 0.3) is 11.4 Å². The molecule has 0 saturated carbocycles. The Balaban J connectivity index is 0.000000132. The van der Waals surface area contributed by atoms with E-state index in [1.807, 2.05) is 0 Å². The first-order valence-electron chi connectivity index (χ1n) is 29.9. The fourth-order valence-electron chi connectivity index (χ4n) is 9.50. The molecule has 0 atom stereocenters. The molecule has 0 aromatic carbocycles. The number of hydrogen-bond donors (Lipinski definition) is 6. The molecule has 0 amide bonds. The van der Waals surface area contributed by atoms with Gasteiger partial charge in [0.2, 0.25) is 50.4 Å². The number of aromatic nitrogens is 19. The van der Waals surface area contributed by atoms with Gasteiger partial charge in [0.05, 0.1) is 109 Å². The van der Waals surface area contributed by atoms with Crippen LogP contribution in [-0.4, -0.2) is 139 Å². The first-order chi connectivity index (χ1) is 50.5. The van der Waals surface area contributed by atoms with Crippen LogP contribution in [0.3, 0.4) is 0 Å². The number of anilines is 10. The summed E-state index contributed by atoms with van der Waals surface area (Å²) in [6.07, 6.45) is 16.6. The third-order valence-electron chi connectivity index (χ3n) is 14.1. The minimum atomic E-state index is -3.50. The van der Waals surface area contributed by atoms with Crippen molar-refractivity contribution in [3.63, 3.8) is 0 Å². The highest BCUT2D eigenvalue weighted by Gasteiger charge is 2.22. The highest BCUT2D eigenvalue weighted by atomic mass is 35.5. The molecule has 0 aliphatic heterocycles. The molecule has 15 aromatic rings. The number of nitrogens with two attached hydrogens (primary N) is 1. The smallest absolute Gasteiger partial charge is 0.289 e. The molecule has 0 bridgehead atoms. The predicted octanol–water partition coefficient (Wildman–Crippen LogP) is 10.7. The number of methoxy groups -OCH3 is 3. The molecule has 0 saturated heterocycles. The molecular weight excluding hydrogens is 1420 g/mol. The van der Waals surface area contributed by atoms with Crippen LogP contribution in [0.15, 0.2) is 177 Å². The second-order valence-electron chi connectivity index (χ2n) is 21.3. The number of nitrogens with one attached hydrogen (secondary N) is 5. The average Bonchev–Trinajstić information content (AvgIpc) is 1.59. The first kappa shape index (κ1) is 70.4. The Kier molecular flexibility index (Phi) is 20.5. The Morgan fingerprint density at radius 1 is 0.457 bits per heavy atom. The molecule has 15 heterocycles. The minimum absolute atomic E-state index is 0.115. The van der Waals surface area contributed by atoms with Crippen molar-refractivity contribution in [3.05, 3.63) is 226 Å². The second-order valence-corrected chi connectivity index (χ2v) is 23.4. The van der Waals surface area contributed by atoms with E-state index in [4.69, 9.17) is 31.5 Å². The number of halogens is 5. The Bertz CT molecular complexity index is 5900. The topological polar surface area (TPSA) is 445 Å². The summed E-state index contributed by atoms with van der Waals surface area (Å²) in [4.78, 5) is 65.8. The van der Waals surface area contributed by atoms with Crippen LogP contribution in [-0.2, 0) is 10.0 Å². The van der Waals surface area contributed by atoms with E-state index >= 15 is 0 Å². The molecule has 42 heteroatoms. The highest BCUT2D eigenvalue weighted by Crippen LogP contribution is 2.33. The van der Waals surface area contributed by atoms with Crippen LogP contribution in [0, 0.1) is 43.5 Å². The summed E-state index contributed by atoms with van der Waals surface area (Å²) in [6, 6.07) is 27.0. The third kappa shape index (κ3) is 16.7. The lowest BCUT2D eigenvalue weighted by molar-refractivity contribution is -0.384. The number of fused-ring (bicyclic) bond motifs is 4. The fraction of sp³-hybridized carbons (Fsp3) is 0.0635. The number of hydrogen-bond acceptors (Lipinski definition) is 29. The molecule has 0 aliphatic rings. The Hall–Kier alpha value is -14.5. The van der Waals surface area contributed by atoms with E-state index < -0.39 is 43.1 Å². The van der Waals surface area contributed by atoms with Gasteiger partial charge in [-0.05, 0) is 66.2 Å². The third-order valence-corrected chi connectivity index (χ3v) is 14.9. The summed E-state index contributed by atoms with van der Waals surface area (Å²) in [5.74, 6) is 0.602. The zero-order chi connectivity index (χ0) is 74.1. The van der Waals surface area contributed by atoms with Gasteiger partial charge in [0.15, 0.2) is 46.5 Å². The number of sulfonamides is 1. The van der Waals surface area contributed by atoms with Crippen LogP contribution < -0.4 is 45.9 Å². The van der Waals surface area contributed by atoms with E-state index in [1.165, 1.54) is 121 Å². The number of ether oxygens (including phenoxy) is 3. The van der Waals surface area contributed by atoms with Crippen molar-refractivity contribution in [1.29, 1.82) is 0 Å². The molecular formula is C63H48ClF4N27O9S. The number of nitro groups is 2.